The van der Waals surface area contributed by atoms with E-state index < -0.39 is 5.82 Å². The molecule has 28 heavy (non-hydrogen) atoms. The average molecular weight is 400 g/mol. The van der Waals surface area contributed by atoms with Crippen LogP contribution in [-0.2, 0) is 11.2 Å². The summed E-state index contributed by atoms with van der Waals surface area (Å²) >= 11 is 6.34. The Labute approximate surface area is 166 Å². The molecular weight excluding hydrogens is 381 g/mol. The lowest BCUT2D eigenvalue weighted by Crippen LogP contribution is -2.41. The van der Waals surface area contributed by atoms with E-state index in [4.69, 9.17) is 11.6 Å². The zero-order chi connectivity index (χ0) is 19.8. The number of nitrogens with zero attached hydrogens (tertiary/aromatic N) is 1. The van der Waals surface area contributed by atoms with Crippen molar-refractivity contribution in [2.75, 3.05) is 18.4 Å². The number of H-pyrrole nitrogens is 1. The minimum Gasteiger partial charge on any atom is -0.374 e. The summed E-state index contributed by atoms with van der Waals surface area (Å²) in [5.74, 6) is -0.708. The Balaban J connectivity index is 1.52. The summed E-state index contributed by atoms with van der Waals surface area (Å²) in [6.07, 6.45) is 2.24. The van der Waals surface area contributed by atoms with Crippen molar-refractivity contribution >= 4 is 34.0 Å². The lowest BCUT2D eigenvalue weighted by molar-refractivity contribution is -0.131. The summed E-state index contributed by atoms with van der Waals surface area (Å²) < 4.78 is 14.4. The number of nitrogens with one attached hydrogen (secondary N) is 2. The number of carbonyl (C=O) groups excluding carboxylic acids is 1. The molecule has 5 nitrogen and oxygen atoms in total. The number of halogens is 2. The van der Waals surface area contributed by atoms with Crippen molar-refractivity contribution in [1.29, 1.82) is 0 Å². The minimum atomic E-state index is -0.572. The second-order valence-corrected chi connectivity index (χ2v) is 7.31. The average Bonchev–Trinajstić information content (AvgIpc) is 2.67. The van der Waals surface area contributed by atoms with Crippen molar-refractivity contribution < 1.29 is 9.18 Å². The third-order valence-corrected chi connectivity index (χ3v) is 5.59. The van der Waals surface area contributed by atoms with Crippen molar-refractivity contribution in [1.82, 2.24) is 9.88 Å². The van der Waals surface area contributed by atoms with Gasteiger partial charge in [-0.1, -0.05) is 23.7 Å². The van der Waals surface area contributed by atoms with Gasteiger partial charge in [-0.05, 0) is 54.1 Å². The first kappa shape index (κ1) is 18.5. The van der Waals surface area contributed by atoms with Gasteiger partial charge >= 0.3 is 0 Å². The van der Waals surface area contributed by atoms with Crippen molar-refractivity contribution in [3.63, 3.8) is 0 Å². The van der Waals surface area contributed by atoms with E-state index in [9.17, 15) is 14.0 Å². The molecule has 1 aromatic heterocycles. The van der Waals surface area contributed by atoms with E-state index in [1.54, 1.807) is 17.0 Å². The smallest absolute Gasteiger partial charge is 0.255 e. The van der Waals surface area contributed by atoms with E-state index in [-0.39, 0.29) is 35.1 Å². The molecule has 0 spiro atoms. The Kier molecular flexibility index (Phi) is 4.81. The molecule has 1 unspecified atom stereocenters. The Hall–Kier alpha value is -2.86. The number of pyridine rings is 1. The topological polar surface area (TPSA) is 65.2 Å². The fourth-order valence-electron chi connectivity index (χ4n) is 3.82. The van der Waals surface area contributed by atoms with Gasteiger partial charge in [0, 0.05) is 17.8 Å². The molecule has 2 N–H and O–H groups in total. The van der Waals surface area contributed by atoms with Gasteiger partial charge in [0.25, 0.3) is 5.56 Å². The fourth-order valence-corrected chi connectivity index (χ4v) is 4.17. The Morgan fingerprint density at radius 3 is 3.00 bits per heavy atom. The zero-order valence-corrected chi connectivity index (χ0v) is 16.0. The summed E-state index contributed by atoms with van der Waals surface area (Å²) in [5.41, 5.74) is 1.97. The highest BCUT2D eigenvalue weighted by atomic mass is 35.5. The molecule has 7 heteroatoms. The molecule has 0 saturated carbocycles. The molecule has 2 aromatic carbocycles. The van der Waals surface area contributed by atoms with Crippen LogP contribution >= 0.6 is 11.6 Å². The van der Waals surface area contributed by atoms with Crippen LogP contribution in [0.4, 0.5) is 10.1 Å². The van der Waals surface area contributed by atoms with Gasteiger partial charge in [0.05, 0.1) is 23.7 Å². The number of anilines is 1. The van der Waals surface area contributed by atoms with E-state index in [1.165, 1.54) is 12.3 Å². The zero-order valence-electron chi connectivity index (χ0n) is 15.3. The summed E-state index contributed by atoms with van der Waals surface area (Å²) in [5, 5.41) is 4.40. The van der Waals surface area contributed by atoms with Gasteiger partial charge in [0.1, 0.15) is 5.82 Å². The highest BCUT2D eigenvalue weighted by Gasteiger charge is 2.29. The van der Waals surface area contributed by atoms with Crippen LogP contribution in [0.2, 0.25) is 5.02 Å². The molecule has 0 aliphatic carbocycles. The maximum Gasteiger partial charge on any atom is 0.255 e. The monoisotopic (exact) mass is 399 g/mol. The lowest BCUT2D eigenvalue weighted by atomic mass is 9.93. The van der Waals surface area contributed by atoms with E-state index in [2.05, 4.69) is 10.3 Å². The lowest BCUT2D eigenvalue weighted by Gasteiger charge is -2.36. The van der Waals surface area contributed by atoms with Gasteiger partial charge in [-0.15, -0.1) is 0 Å². The van der Waals surface area contributed by atoms with Crippen LogP contribution in [0, 0.1) is 5.82 Å². The quantitative estimate of drug-likeness (QED) is 0.702. The van der Waals surface area contributed by atoms with Gasteiger partial charge < -0.3 is 15.2 Å². The number of aromatic nitrogens is 1. The minimum absolute atomic E-state index is 0.0459. The van der Waals surface area contributed by atoms with Crippen LogP contribution < -0.4 is 10.9 Å². The number of aromatic amines is 1. The summed E-state index contributed by atoms with van der Waals surface area (Å²) in [6, 6.07) is 10.0. The number of hydrogen-bond acceptors (Lipinski definition) is 3. The maximum absolute atomic E-state index is 14.4. The summed E-state index contributed by atoms with van der Waals surface area (Å²) in [7, 11) is 0. The van der Waals surface area contributed by atoms with E-state index in [0.29, 0.717) is 17.0 Å². The van der Waals surface area contributed by atoms with Gasteiger partial charge in [0.2, 0.25) is 5.91 Å². The highest BCUT2D eigenvalue weighted by Crippen LogP contribution is 2.34. The Morgan fingerprint density at radius 2 is 2.18 bits per heavy atom. The summed E-state index contributed by atoms with van der Waals surface area (Å²) in [6.45, 7) is 2.49. The van der Waals surface area contributed by atoms with Crippen LogP contribution in [0.3, 0.4) is 0 Å². The van der Waals surface area contributed by atoms with Crippen molar-refractivity contribution in [3.05, 3.63) is 74.9 Å². The number of benzene rings is 2. The standard InChI is InChI=1S/C21H19ClFN3O2/c1-12-20-13(3-2-4-16(20)22)6-8-26(12)19(27)11-25-18-9-14-5-7-24-21(28)15(14)10-17(18)23/h2-5,7,9-10,12,25H,6,8,11H2,1H3,(H,24,28). The van der Waals surface area contributed by atoms with Crippen LogP contribution in [0.15, 0.2) is 47.4 Å². The number of amides is 1. The van der Waals surface area contributed by atoms with Crippen LogP contribution in [-0.4, -0.2) is 28.9 Å². The Bertz CT molecular complexity index is 1130. The normalized spacial score (nSPS) is 16.1. The van der Waals surface area contributed by atoms with Crippen LogP contribution in [0.1, 0.15) is 24.1 Å². The van der Waals surface area contributed by atoms with E-state index in [1.807, 2.05) is 25.1 Å². The third kappa shape index (κ3) is 3.24. The molecule has 0 bridgehead atoms. The molecule has 2 heterocycles. The number of rotatable bonds is 3. The van der Waals surface area contributed by atoms with E-state index in [0.717, 1.165) is 17.5 Å². The van der Waals surface area contributed by atoms with Gasteiger partial charge in [-0.25, -0.2) is 4.39 Å². The fraction of sp³-hybridized carbons (Fsp3) is 0.238. The molecule has 0 saturated heterocycles. The van der Waals surface area contributed by atoms with E-state index >= 15 is 0 Å². The van der Waals surface area contributed by atoms with Gasteiger partial charge in [-0.3, -0.25) is 9.59 Å². The molecule has 1 aliphatic rings. The molecule has 1 aliphatic heterocycles. The molecule has 3 aromatic rings. The predicted molar refractivity (Wildman–Crippen MR) is 108 cm³/mol. The molecule has 0 fully saturated rings. The van der Waals surface area contributed by atoms with Crippen molar-refractivity contribution in [2.24, 2.45) is 0 Å². The number of fused-ring (bicyclic) bond motifs is 2. The Morgan fingerprint density at radius 1 is 1.36 bits per heavy atom. The SMILES string of the molecule is CC1c2c(Cl)cccc2CCN1C(=O)CNc1cc2cc[nH]c(=O)c2cc1F. The van der Waals surface area contributed by atoms with Gasteiger partial charge in [-0.2, -0.15) is 0 Å². The second-order valence-electron chi connectivity index (χ2n) is 6.91. The third-order valence-electron chi connectivity index (χ3n) is 5.26. The largest absolute Gasteiger partial charge is 0.374 e. The maximum atomic E-state index is 14.4. The second kappa shape index (κ2) is 7.28. The molecule has 1 atom stereocenters. The van der Waals surface area contributed by atoms with Crippen molar-refractivity contribution in [3.8, 4) is 0 Å². The number of hydrogen-bond donors (Lipinski definition) is 2. The molecular formula is C21H19ClFN3O2. The van der Waals surface area contributed by atoms with Crippen LogP contribution in [0.25, 0.3) is 10.8 Å². The van der Waals surface area contributed by atoms with Crippen molar-refractivity contribution in [2.45, 2.75) is 19.4 Å². The number of carbonyl (C=O) groups is 1. The van der Waals surface area contributed by atoms with Gasteiger partial charge in [0.15, 0.2) is 0 Å². The first-order valence-corrected chi connectivity index (χ1v) is 9.45. The molecule has 144 valence electrons. The highest BCUT2D eigenvalue weighted by molar-refractivity contribution is 6.31. The first-order valence-electron chi connectivity index (χ1n) is 9.07. The van der Waals surface area contributed by atoms with Crippen LogP contribution in [0.5, 0.6) is 0 Å². The predicted octanol–water partition coefficient (Wildman–Crippen LogP) is 3.88. The first-order chi connectivity index (χ1) is 13.5. The molecule has 1 amide bonds. The summed E-state index contributed by atoms with van der Waals surface area (Å²) in [4.78, 5) is 28.8. The molecule has 4 rings (SSSR count). The molecule has 0 radical (unpaired) electrons.